The molecule has 1 aromatic carbocycles. The van der Waals surface area contributed by atoms with Gasteiger partial charge in [-0.15, -0.1) is 0 Å². The van der Waals surface area contributed by atoms with Gasteiger partial charge in [0.1, 0.15) is 5.75 Å². The number of amides is 1. The molecule has 1 unspecified atom stereocenters. The third-order valence-corrected chi connectivity index (χ3v) is 4.92. The summed E-state index contributed by atoms with van der Waals surface area (Å²) in [5.41, 5.74) is 1.19. The highest BCUT2D eigenvalue weighted by molar-refractivity contribution is 7.99. The van der Waals surface area contributed by atoms with Crippen molar-refractivity contribution in [2.75, 3.05) is 33.1 Å². The number of methoxy groups -OCH3 is 2. The predicted molar refractivity (Wildman–Crippen MR) is 86.0 cm³/mol. The first kappa shape index (κ1) is 16.7. The summed E-state index contributed by atoms with van der Waals surface area (Å²) in [6, 6.07) is 7.96. The van der Waals surface area contributed by atoms with Crippen molar-refractivity contribution in [1.29, 1.82) is 0 Å². The van der Waals surface area contributed by atoms with E-state index in [9.17, 15) is 9.59 Å². The molecule has 0 spiro atoms. The molecule has 0 bridgehead atoms. The average molecular weight is 323 g/mol. The van der Waals surface area contributed by atoms with Crippen LogP contribution in [0.15, 0.2) is 24.3 Å². The van der Waals surface area contributed by atoms with Gasteiger partial charge in [0.25, 0.3) is 0 Å². The van der Waals surface area contributed by atoms with E-state index in [1.165, 1.54) is 12.7 Å². The molecule has 0 radical (unpaired) electrons. The van der Waals surface area contributed by atoms with Crippen molar-refractivity contribution < 1.29 is 19.1 Å². The highest BCUT2D eigenvalue weighted by Crippen LogP contribution is 2.34. The van der Waals surface area contributed by atoms with Crippen LogP contribution in [-0.2, 0) is 14.3 Å². The van der Waals surface area contributed by atoms with Gasteiger partial charge in [-0.25, -0.2) is 0 Å². The molecule has 6 heteroatoms. The Bertz CT molecular complexity index is 517. The van der Waals surface area contributed by atoms with Crippen LogP contribution in [0.3, 0.4) is 0 Å². The first-order chi connectivity index (χ1) is 10.6. The largest absolute Gasteiger partial charge is 0.497 e. The molecule has 1 saturated heterocycles. The quantitative estimate of drug-likeness (QED) is 0.778. The molecular formula is C16H21NO4S. The second-order valence-corrected chi connectivity index (χ2v) is 6.36. The summed E-state index contributed by atoms with van der Waals surface area (Å²) >= 11 is 1.85. The minimum atomic E-state index is -0.341. The summed E-state index contributed by atoms with van der Waals surface area (Å²) < 4.78 is 9.74. The summed E-state index contributed by atoms with van der Waals surface area (Å²) in [6.45, 7) is 1.41. The Balaban J connectivity index is 1.93. The van der Waals surface area contributed by atoms with Gasteiger partial charge in [0.2, 0.25) is 5.91 Å². The fourth-order valence-corrected chi connectivity index (χ4v) is 3.61. The van der Waals surface area contributed by atoms with Gasteiger partial charge in [-0.1, -0.05) is 12.1 Å². The number of ether oxygens (including phenoxy) is 2. The molecule has 0 saturated carbocycles. The second-order valence-electron chi connectivity index (χ2n) is 5.05. The van der Waals surface area contributed by atoms with Crippen molar-refractivity contribution >= 4 is 23.6 Å². The lowest BCUT2D eigenvalue weighted by molar-refractivity contribution is -0.143. The van der Waals surface area contributed by atoms with E-state index in [0.717, 1.165) is 18.0 Å². The average Bonchev–Trinajstić information content (AvgIpc) is 2.59. The molecular weight excluding hydrogens is 302 g/mol. The van der Waals surface area contributed by atoms with Crippen LogP contribution in [0.25, 0.3) is 0 Å². The van der Waals surface area contributed by atoms with Gasteiger partial charge < -0.3 is 14.4 Å². The van der Waals surface area contributed by atoms with Gasteiger partial charge in [-0.3, -0.25) is 9.59 Å². The lowest BCUT2D eigenvalue weighted by Gasteiger charge is -2.32. The molecule has 1 aliphatic rings. The number of carbonyl (C=O) groups is 2. The zero-order valence-corrected chi connectivity index (χ0v) is 13.7. The molecule has 22 heavy (non-hydrogen) atoms. The van der Waals surface area contributed by atoms with Crippen LogP contribution in [0, 0.1) is 0 Å². The Morgan fingerprint density at radius 2 is 1.95 bits per heavy atom. The molecule has 5 nitrogen and oxygen atoms in total. The van der Waals surface area contributed by atoms with E-state index in [1.807, 2.05) is 40.9 Å². The second kappa shape index (κ2) is 8.08. The standard InChI is InChI=1S/C16H21NO4S/c1-20-13-5-3-12(4-6-13)14-11-17(9-10-22-14)15(18)7-8-16(19)21-2/h3-6,14H,7-11H2,1-2H3. The van der Waals surface area contributed by atoms with Crippen LogP contribution in [-0.4, -0.2) is 49.8 Å². The van der Waals surface area contributed by atoms with Crippen LogP contribution in [0.2, 0.25) is 0 Å². The van der Waals surface area contributed by atoms with E-state index in [1.54, 1.807) is 7.11 Å². The minimum absolute atomic E-state index is 0.0178. The van der Waals surface area contributed by atoms with E-state index < -0.39 is 0 Å². The third kappa shape index (κ3) is 4.40. The van der Waals surface area contributed by atoms with Crippen LogP contribution in [0.1, 0.15) is 23.7 Å². The van der Waals surface area contributed by atoms with Crippen molar-refractivity contribution in [3.05, 3.63) is 29.8 Å². The topological polar surface area (TPSA) is 55.8 Å². The van der Waals surface area contributed by atoms with Gasteiger partial charge in [0.15, 0.2) is 0 Å². The summed E-state index contributed by atoms with van der Waals surface area (Å²) in [5.74, 6) is 1.41. The van der Waals surface area contributed by atoms with Gasteiger partial charge in [0.05, 0.1) is 20.6 Å². The molecule has 1 amide bonds. The molecule has 0 N–H and O–H groups in total. The lowest BCUT2D eigenvalue weighted by Crippen LogP contribution is -2.39. The van der Waals surface area contributed by atoms with Crippen molar-refractivity contribution in [3.8, 4) is 5.75 Å². The Kier molecular flexibility index (Phi) is 6.12. The van der Waals surface area contributed by atoms with Crippen molar-refractivity contribution in [2.45, 2.75) is 18.1 Å². The number of benzene rings is 1. The normalized spacial score (nSPS) is 17.9. The maximum atomic E-state index is 12.2. The fraction of sp³-hybridized carbons (Fsp3) is 0.500. The van der Waals surface area contributed by atoms with E-state index in [2.05, 4.69) is 4.74 Å². The lowest BCUT2D eigenvalue weighted by atomic mass is 10.1. The van der Waals surface area contributed by atoms with Crippen molar-refractivity contribution in [2.24, 2.45) is 0 Å². The summed E-state index contributed by atoms with van der Waals surface area (Å²) in [7, 11) is 2.98. The third-order valence-electron chi connectivity index (χ3n) is 3.68. The van der Waals surface area contributed by atoms with E-state index in [4.69, 9.17) is 4.74 Å². The summed E-state index contributed by atoms with van der Waals surface area (Å²) in [4.78, 5) is 25.2. The fourth-order valence-electron chi connectivity index (χ4n) is 2.37. The van der Waals surface area contributed by atoms with Gasteiger partial charge >= 0.3 is 5.97 Å². The molecule has 1 aliphatic heterocycles. The van der Waals surface area contributed by atoms with Crippen LogP contribution in [0.5, 0.6) is 5.75 Å². The monoisotopic (exact) mass is 323 g/mol. The van der Waals surface area contributed by atoms with E-state index in [0.29, 0.717) is 6.54 Å². The van der Waals surface area contributed by atoms with E-state index >= 15 is 0 Å². The molecule has 1 fully saturated rings. The highest BCUT2D eigenvalue weighted by Gasteiger charge is 2.25. The van der Waals surface area contributed by atoms with Crippen molar-refractivity contribution in [1.82, 2.24) is 4.90 Å². The molecule has 1 aromatic rings. The predicted octanol–water partition coefficient (Wildman–Crippen LogP) is 2.26. The first-order valence-corrected chi connectivity index (χ1v) is 8.29. The maximum Gasteiger partial charge on any atom is 0.306 e. The zero-order chi connectivity index (χ0) is 15.9. The molecule has 1 heterocycles. The molecule has 0 aromatic heterocycles. The Morgan fingerprint density at radius 1 is 1.23 bits per heavy atom. The number of esters is 1. The molecule has 120 valence electrons. The Labute approximate surface area is 135 Å². The molecule has 1 atom stereocenters. The number of hydrogen-bond donors (Lipinski definition) is 0. The minimum Gasteiger partial charge on any atom is -0.497 e. The summed E-state index contributed by atoms with van der Waals surface area (Å²) in [5, 5.41) is 0.265. The summed E-state index contributed by atoms with van der Waals surface area (Å²) in [6.07, 6.45) is 0.360. The first-order valence-electron chi connectivity index (χ1n) is 7.24. The number of hydrogen-bond acceptors (Lipinski definition) is 5. The van der Waals surface area contributed by atoms with Gasteiger partial charge in [0, 0.05) is 30.5 Å². The highest BCUT2D eigenvalue weighted by atomic mass is 32.2. The Morgan fingerprint density at radius 3 is 2.59 bits per heavy atom. The van der Waals surface area contributed by atoms with Crippen LogP contribution < -0.4 is 4.74 Å². The smallest absolute Gasteiger partial charge is 0.306 e. The van der Waals surface area contributed by atoms with Gasteiger partial charge in [-0.2, -0.15) is 11.8 Å². The van der Waals surface area contributed by atoms with Crippen molar-refractivity contribution in [3.63, 3.8) is 0 Å². The number of carbonyl (C=O) groups excluding carboxylic acids is 2. The molecule has 0 aliphatic carbocycles. The van der Waals surface area contributed by atoms with Gasteiger partial charge in [-0.05, 0) is 17.7 Å². The van der Waals surface area contributed by atoms with Crippen LogP contribution >= 0.6 is 11.8 Å². The number of thioether (sulfide) groups is 1. The number of nitrogens with zero attached hydrogens (tertiary/aromatic N) is 1. The zero-order valence-electron chi connectivity index (χ0n) is 12.9. The maximum absolute atomic E-state index is 12.2. The van der Waals surface area contributed by atoms with E-state index in [-0.39, 0.29) is 30.0 Å². The number of rotatable bonds is 5. The molecule has 2 rings (SSSR count). The SMILES string of the molecule is COC(=O)CCC(=O)N1CCSC(c2ccc(OC)cc2)C1. The Hall–Kier alpha value is -1.69. The van der Waals surface area contributed by atoms with Crippen LogP contribution in [0.4, 0.5) is 0 Å².